The SMILES string of the molecule is CC(=O)NS(=O)(=O)c1ccc(NC(=O)C2CC=CCC2C(=O)[O-])cc1. The second kappa shape index (κ2) is 7.47. The Balaban J connectivity index is 2.10. The number of carbonyl (C=O) groups is 3. The van der Waals surface area contributed by atoms with E-state index in [1.54, 1.807) is 12.2 Å². The Morgan fingerprint density at radius 3 is 2.12 bits per heavy atom. The van der Waals surface area contributed by atoms with Crippen LogP contribution < -0.4 is 15.1 Å². The van der Waals surface area contributed by atoms with Crippen molar-refractivity contribution in [3.63, 3.8) is 0 Å². The van der Waals surface area contributed by atoms with Gasteiger partial charge in [0.05, 0.1) is 10.8 Å². The number of benzene rings is 1. The van der Waals surface area contributed by atoms with Crippen molar-refractivity contribution in [1.82, 2.24) is 4.72 Å². The Morgan fingerprint density at radius 1 is 1.04 bits per heavy atom. The van der Waals surface area contributed by atoms with Crippen molar-refractivity contribution in [2.45, 2.75) is 24.7 Å². The zero-order valence-corrected chi connectivity index (χ0v) is 14.2. The molecular weight excluding hydrogens is 348 g/mol. The summed E-state index contributed by atoms with van der Waals surface area (Å²) in [5.41, 5.74) is 0.318. The molecule has 0 spiro atoms. The Morgan fingerprint density at radius 2 is 1.60 bits per heavy atom. The van der Waals surface area contributed by atoms with E-state index in [1.807, 2.05) is 4.72 Å². The summed E-state index contributed by atoms with van der Waals surface area (Å²) < 4.78 is 25.5. The summed E-state index contributed by atoms with van der Waals surface area (Å²) in [7, 11) is -3.95. The van der Waals surface area contributed by atoms with Gasteiger partial charge in [0.1, 0.15) is 0 Å². The van der Waals surface area contributed by atoms with E-state index in [1.165, 1.54) is 24.3 Å². The van der Waals surface area contributed by atoms with Gasteiger partial charge in [0, 0.05) is 24.5 Å². The van der Waals surface area contributed by atoms with Crippen molar-refractivity contribution in [2.24, 2.45) is 11.8 Å². The molecule has 0 heterocycles. The van der Waals surface area contributed by atoms with Gasteiger partial charge in [0.15, 0.2) is 0 Å². The zero-order valence-electron chi connectivity index (χ0n) is 13.4. The molecule has 0 saturated heterocycles. The van der Waals surface area contributed by atoms with E-state index in [2.05, 4.69) is 5.32 Å². The number of amides is 2. The van der Waals surface area contributed by atoms with Gasteiger partial charge < -0.3 is 15.2 Å². The minimum atomic E-state index is -3.95. The van der Waals surface area contributed by atoms with Crippen molar-refractivity contribution in [2.75, 3.05) is 5.32 Å². The topological polar surface area (TPSA) is 132 Å². The molecular formula is C16H17N2O6S-. The lowest BCUT2D eigenvalue weighted by Gasteiger charge is -2.28. The molecule has 0 aromatic heterocycles. The number of carboxylic acids is 1. The van der Waals surface area contributed by atoms with Crippen LogP contribution in [0.15, 0.2) is 41.3 Å². The Labute approximate surface area is 145 Å². The van der Waals surface area contributed by atoms with Crippen molar-refractivity contribution in [1.29, 1.82) is 0 Å². The fourth-order valence-corrected chi connectivity index (χ4v) is 3.56. The summed E-state index contributed by atoms with van der Waals surface area (Å²) in [6.07, 6.45) is 3.96. The first-order valence-electron chi connectivity index (χ1n) is 7.51. The second-order valence-electron chi connectivity index (χ2n) is 5.65. The van der Waals surface area contributed by atoms with Gasteiger partial charge in [-0.3, -0.25) is 9.59 Å². The summed E-state index contributed by atoms with van der Waals surface area (Å²) in [4.78, 5) is 34.2. The van der Waals surface area contributed by atoms with Gasteiger partial charge in [-0.2, -0.15) is 0 Å². The van der Waals surface area contributed by atoms with Crippen LogP contribution in [0.3, 0.4) is 0 Å². The first-order chi connectivity index (χ1) is 11.7. The standard InChI is InChI=1S/C16H18N2O6S/c1-10(19)18-25(23,24)12-8-6-11(7-9-12)17-15(20)13-4-2-3-5-14(13)16(21)22/h2-3,6-9,13-14H,4-5H2,1H3,(H,17,20)(H,18,19)(H,21,22)/p-1. The van der Waals surface area contributed by atoms with Crippen LogP contribution in [-0.4, -0.2) is 26.2 Å². The van der Waals surface area contributed by atoms with Crippen LogP contribution >= 0.6 is 0 Å². The molecule has 0 bridgehead atoms. The molecule has 0 radical (unpaired) electrons. The summed E-state index contributed by atoms with van der Waals surface area (Å²) in [6, 6.07) is 5.19. The minimum Gasteiger partial charge on any atom is -0.550 e. The predicted octanol–water partition coefficient (Wildman–Crippen LogP) is -0.218. The van der Waals surface area contributed by atoms with E-state index in [0.717, 1.165) is 6.92 Å². The molecule has 2 N–H and O–H groups in total. The number of sulfonamides is 1. The number of rotatable bonds is 5. The van der Waals surface area contributed by atoms with Crippen molar-refractivity contribution < 1.29 is 27.9 Å². The molecule has 1 aromatic rings. The normalized spacial score (nSPS) is 19.9. The second-order valence-corrected chi connectivity index (χ2v) is 7.33. The van der Waals surface area contributed by atoms with E-state index >= 15 is 0 Å². The quantitative estimate of drug-likeness (QED) is 0.693. The number of carbonyl (C=O) groups excluding carboxylic acids is 3. The fraction of sp³-hybridized carbons (Fsp3) is 0.312. The molecule has 25 heavy (non-hydrogen) atoms. The number of hydrogen-bond donors (Lipinski definition) is 2. The summed E-state index contributed by atoms with van der Waals surface area (Å²) in [6.45, 7) is 1.08. The minimum absolute atomic E-state index is 0.131. The average molecular weight is 365 g/mol. The Kier molecular flexibility index (Phi) is 5.58. The van der Waals surface area contributed by atoms with E-state index in [9.17, 15) is 27.9 Å². The van der Waals surface area contributed by atoms with E-state index in [-0.39, 0.29) is 11.3 Å². The number of allylic oxidation sites excluding steroid dienone is 2. The summed E-state index contributed by atoms with van der Waals surface area (Å²) >= 11 is 0. The number of carboxylic acid groups (broad SMARTS) is 1. The lowest BCUT2D eigenvalue weighted by molar-refractivity contribution is -0.313. The van der Waals surface area contributed by atoms with Crippen LogP contribution in [0.4, 0.5) is 5.69 Å². The highest BCUT2D eigenvalue weighted by molar-refractivity contribution is 7.90. The highest BCUT2D eigenvalue weighted by atomic mass is 32.2. The molecule has 2 amide bonds. The highest BCUT2D eigenvalue weighted by Crippen LogP contribution is 2.26. The van der Waals surface area contributed by atoms with Crippen molar-refractivity contribution in [3.05, 3.63) is 36.4 Å². The molecule has 134 valence electrons. The van der Waals surface area contributed by atoms with Gasteiger partial charge in [-0.15, -0.1) is 0 Å². The van der Waals surface area contributed by atoms with Crippen molar-refractivity contribution >= 4 is 33.5 Å². The van der Waals surface area contributed by atoms with Crippen LogP contribution in [0, 0.1) is 11.8 Å². The third-order valence-electron chi connectivity index (χ3n) is 3.78. The molecule has 0 aliphatic heterocycles. The van der Waals surface area contributed by atoms with Crippen LogP contribution in [0.5, 0.6) is 0 Å². The van der Waals surface area contributed by atoms with Gasteiger partial charge in [-0.05, 0) is 37.1 Å². The molecule has 1 aliphatic carbocycles. The number of aliphatic carboxylic acids is 1. The van der Waals surface area contributed by atoms with Crippen LogP contribution in [-0.2, 0) is 24.4 Å². The molecule has 2 unspecified atom stereocenters. The largest absolute Gasteiger partial charge is 0.550 e. The maximum Gasteiger partial charge on any atom is 0.264 e. The van der Waals surface area contributed by atoms with E-state index in [4.69, 9.17) is 0 Å². The Hall–Kier alpha value is -2.68. The fourth-order valence-electron chi connectivity index (χ4n) is 2.56. The van der Waals surface area contributed by atoms with Gasteiger partial charge in [0.25, 0.3) is 10.0 Å². The molecule has 2 atom stereocenters. The first-order valence-corrected chi connectivity index (χ1v) is 8.99. The van der Waals surface area contributed by atoms with Crippen LogP contribution in [0.2, 0.25) is 0 Å². The molecule has 1 aliphatic rings. The maximum absolute atomic E-state index is 12.3. The first kappa shape index (κ1) is 18.7. The lowest BCUT2D eigenvalue weighted by Crippen LogP contribution is -2.41. The van der Waals surface area contributed by atoms with Gasteiger partial charge in [-0.1, -0.05) is 12.2 Å². The third-order valence-corrected chi connectivity index (χ3v) is 5.23. The Bertz CT molecular complexity index is 814. The monoisotopic (exact) mass is 365 g/mol. The molecule has 8 nitrogen and oxygen atoms in total. The van der Waals surface area contributed by atoms with Gasteiger partial charge >= 0.3 is 0 Å². The molecule has 2 rings (SSSR count). The highest BCUT2D eigenvalue weighted by Gasteiger charge is 2.29. The maximum atomic E-state index is 12.3. The van der Waals surface area contributed by atoms with Gasteiger partial charge in [-0.25, -0.2) is 13.1 Å². The zero-order chi connectivity index (χ0) is 18.6. The number of anilines is 1. The predicted molar refractivity (Wildman–Crippen MR) is 86.4 cm³/mol. The van der Waals surface area contributed by atoms with Gasteiger partial charge in [0.2, 0.25) is 11.8 Å². The third kappa shape index (κ3) is 4.66. The average Bonchev–Trinajstić information content (AvgIpc) is 2.54. The number of nitrogens with one attached hydrogen (secondary N) is 2. The smallest absolute Gasteiger partial charge is 0.264 e. The summed E-state index contributed by atoms with van der Waals surface area (Å²) in [5.74, 6) is -4.12. The van der Waals surface area contributed by atoms with Crippen LogP contribution in [0.25, 0.3) is 0 Å². The van der Waals surface area contributed by atoms with E-state index in [0.29, 0.717) is 12.1 Å². The molecule has 0 fully saturated rings. The summed E-state index contributed by atoms with van der Waals surface area (Å²) in [5, 5.41) is 13.7. The molecule has 9 heteroatoms. The van der Waals surface area contributed by atoms with Crippen LogP contribution in [0.1, 0.15) is 19.8 Å². The molecule has 1 aromatic carbocycles. The molecule has 0 saturated carbocycles. The number of hydrogen-bond acceptors (Lipinski definition) is 6. The van der Waals surface area contributed by atoms with Crippen molar-refractivity contribution in [3.8, 4) is 0 Å². The van der Waals surface area contributed by atoms with E-state index < -0.39 is 39.6 Å². The lowest BCUT2D eigenvalue weighted by atomic mass is 9.82.